The van der Waals surface area contributed by atoms with Crippen molar-refractivity contribution in [3.8, 4) is 5.75 Å². The second kappa shape index (κ2) is 3.83. The molecule has 0 amide bonds. The number of pyridine rings is 1. The molecule has 0 atom stereocenters. The molecule has 0 saturated heterocycles. The lowest BCUT2D eigenvalue weighted by molar-refractivity contribution is 0.419. The van der Waals surface area contributed by atoms with Crippen molar-refractivity contribution in [2.45, 2.75) is 0 Å². The molecule has 0 aliphatic heterocycles. The second-order valence-electron chi connectivity index (χ2n) is 2.89. The molecule has 0 aliphatic carbocycles. The smallest absolute Gasteiger partial charge is 0.179 e. The largest absolute Gasteiger partial charge is 0.494 e. The van der Waals surface area contributed by atoms with Gasteiger partial charge in [0.2, 0.25) is 0 Å². The zero-order chi connectivity index (χ0) is 11.0. The third-order valence-electron chi connectivity index (χ3n) is 2.04. The Kier molecular flexibility index (Phi) is 2.67. The Morgan fingerprint density at radius 3 is 2.73 bits per heavy atom. The van der Waals surface area contributed by atoms with Crippen LogP contribution in [-0.4, -0.2) is 12.1 Å². The highest BCUT2D eigenvalue weighted by Crippen LogP contribution is 2.33. The molecule has 2 rings (SSSR count). The van der Waals surface area contributed by atoms with E-state index < -0.39 is 5.82 Å². The minimum absolute atomic E-state index is 0.0381. The molecule has 1 aromatic carbocycles. The van der Waals surface area contributed by atoms with Crippen LogP contribution >= 0.6 is 23.2 Å². The minimum atomic E-state index is -0.709. The third kappa shape index (κ3) is 1.62. The highest BCUT2D eigenvalue weighted by atomic mass is 35.5. The number of hydrogen-bond donors (Lipinski definition) is 0. The molecule has 0 spiro atoms. The molecule has 15 heavy (non-hydrogen) atoms. The van der Waals surface area contributed by atoms with Crippen molar-refractivity contribution in [2.24, 2.45) is 0 Å². The summed E-state index contributed by atoms with van der Waals surface area (Å²) in [7, 11) is 1.50. The number of aromatic nitrogens is 1. The van der Waals surface area contributed by atoms with Gasteiger partial charge in [0, 0.05) is 5.39 Å². The molecule has 1 aromatic heterocycles. The monoisotopic (exact) mass is 245 g/mol. The number of benzene rings is 1. The predicted molar refractivity (Wildman–Crippen MR) is 58.3 cm³/mol. The van der Waals surface area contributed by atoms with Crippen LogP contribution in [-0.2, 0) is 0 Å². The lowest BCUT2D eigenvalue weighted by atomic mass is 10.2. The summed E-state index contributed by atoms with van der Waals surface area (Å²) < 4.78 is 18.4. The molecule has 0 radical (unpaired) electrons. The fourth-order valence-corrected chi connectivity index (χ4v) is 1.80. The molecular weight excluding hydrogens is 240 g/mol. The Morgan fingerprint density at radius 2 is 2.07 bits per heavy atom. The van der Waals surface area contributed by atoms with Gasteiger partial charge in [-0.15, -0.1) is 0 Å². The number of ether oxygens (including phenoxy) is 1. The number of halogens is 3. The number of rotatable bonds is 1. The van der Waals surface area contributed by atoms with Crippen molar-refractivity contribution in [3.05, 3.63) is 34.2 Å². The first-order valence-corrected chi connectivity index (χ1v) is 4.88. The number of methoxy groups -OCH3 is 1. The Hall–Kier alpha value is -1.06. The lowest BCUT2D eigenvalue weighted by Gasteiger charge is -2.06. The highest BCUT2D eigenvalue weighted by molar-refractivity contribution is 6.38. The topological polar surface area (TPSA) is 22.1 Å². The van der Waals surface area contributed by atoms with E-state index in [-0.39, 0.29) is 10.2 Å². The van der Waals surface area contributed by atoms with Crippen molar-refractivity contribution in [1.82, 2.24) is 4.98 Å². The van der Waals surface area contributed by atoms with Gasteiger partial charge in [-0.3, -0.25) is 0 Å². The van der Waals surface area contributed by atoms with E-state index in [9.17, 15) is 4.39 Å². The lowest BCUT2D eigenvalue weighted by Crippen LogP contribution is -1.91. The Morgan fingerprint density at radius 1 is 1.33 bits per heavy atom. The predicted octanol–water partition coefficient (Wildman–Crippen LogP) is 3.69. The van der Waals surface area contributed by atoms with Gasteiger partial charge in [0.25, 0.3) is 0 Å². The molecule has 0 aliphatic rings. The average molecular weight is 246 g/mol. The summed E-state index contributed by atoms with van der Waals surface area (Å²) in [5, 5.41) is 0.193. The van der Waals surface area contributed by atoms with Gasteiger partial charge in [-0.1, -0.05) is 35.3 Å². The number of nitrogens with zero attached hydrogens (tertiary/aromatic N) is 1. The first kappa shape index (κ1) is 10.5. The van der Waals surface area contributed by atoms with E-state index in [1.165, 1.54) is 7.11 Å². The van der Waals surface area contributed by atoms with Gasteiger partial charge in [-0.2, -0.15) is 0 Å². The van der Waals surface area contributed by atoms with Crippen molar-refractivity contribution in [1.29, 1.82) is 0 Å². The molecular formula is C10H6Cl2FNO. The molecule has 0 N–H and O–H groups in total. The summed E-state index contributed by atoms with van der Waals surface area (Å²) in [5.74, 6) is -0.199. The second-order valence-corrected chi connectivity index (χ2v) is 3.62. The summed E-state index contributed by atoms with van der Waals surface area (Å²) in [5.41, 5.74) is 0.455. The number of hydrogen-bond acceptors (Lipinski definition) is 2. The van der Waals surface area contributed by atoms with Crippen LogP contribution in [0.25, 0.3) is 10.9 Å². The van der Waals surface area contributed by atoms with Gasteiger partial charge in [-0.05, 0) is 6.07 Å². The van der Waals surface area contributed by atoms with E-state index in [1.807, 2.05) is 0 Å². The summed E-state index contributed by atoms with van der Waals surface area (Å²) in [6.07, 6.45) is 0. The first-order valence-electron chi connectivity index (χ1n) is 4.12. The molecule has 0 bridgehead atoms. The summed E-state index contributed by atoms with van der Waals surface area (Å²) in [6.45, 7) is 0. The summed E-state index contributed by atoms with van der Waals surface area (Å²) >= 11 is 11.4. The maximum Gasteiger partial charge on any atom is 0.179 e. The molecule has 0 saturated carbocycles. The van der Waals surface area contributed by atoms with Crippen molar-refractivity contribution >= 4 is 34.1 Å². The zero-order valence-electron chi connectivity index (χ0n) is 7.72. The van der Waals surface area contributed by atoms with E-state index in [4.69, 9.17) is 27.9 Å². The molecule has 5 heteroatoms. The van der Waals surface area contributed by atoms with Crippen LogP contribution in [0.5, 0.6) is 5.75 Å². The van der Waals surface area contributed by atoms with Crippen LogP contribution in [0.3, 0.4) is 0 Å². The van der Waals surface area contributed by atoms with Gasteiger partial charge in [0.1, 0.15) is 11.3 Å². The average Bonchev–Trinajstić information content (AvgIpc) is 2.25. The molecule has 2 nitrogen and oxygen atoms in total. The first-order chi connectivity index (χ1) is 7.15. The quantitative estimate of drug-likeness (QED) is 0.716. The summed E-state index contributed by atoms with van der Waals surface area (Å²) in [6, 6.07) is 5.08. The van der Waals surface area contributed by atoms with E-state index >= 15 is 0 Å². The molecule has 2 aromatic rings. The zero-order valence-corrected chi connectivity index (χ0v) is 9.23. The normalized spacial score (nSPS) is 10.7. The molecule has 0 fully saturated rings. The Bertz CT molecular complexity index is 530. The van der Waals surface area contributed by atoms with Crippen molar-refractivity contribution in [3.63, 3.8) is 0 Å². The van der Waals surface area contributed by atoms with E-state index in [2.05, 4.69) is 4.98 Å². The molecule has 0 unspecified atom stereocenters. The van der Waals surface area contributed by atoms with Crippen LogP contribution in [0.1, 0.15) is 0 Å². The fraction of sp³-hybridized carbons (Fsp3) is 0.100. The highest BCUT2D eigenvalue weighted by Gasteiger charge is 2.14. The third-order valence-corrected chi connectivity index (χ3v) is 2.66. The van der Waals surface area contributed by atoms with E-state index in [0.717, 1.165) is 0 Å². The van der Waals surface area contributed by atoms with E-state index in [1.54, 1.807) is 18.2 Å². The Labute approximate surface area is 95.6 Å². The van der Waals surface area contributed by atoms with Crippen molar-refractivity contribution in [2.75, 3.05) is 7.11 Å². The van der Waals surface area contributed by atoms with Gasteiger partial charge in [0.15, 0.2) is 11.0 Å². The standard InChI is InChI=1S/C10H6Cl2FNO/c1-15-6-4-2-3-5-7(11)8(13)10(12)14-9(5)6/h2-4H,1H3. The van der Waals surface area contributed by atoms with Gasteiger partial charge >= 0.3 is 0 Å². The van der Waals surface area contributed by atoms with E-state index in [0.29, 0.717) is 16.7 Å². The van der Waals surface area contributed by atoms with Crippen LogP contribution < -0.4 is 4.74 Å². The number of para-hydroxylation sites is 1. The molecule has 78 valence electrons. The van der Waals surface area contributed by atoms with Crippen molar-refractivity contribution < 1.29 is 9.13 Å². The van der Waals surface area contributed by atoms with Gasteiger partial charge in [0.05, 0.1) is 12.1 Å². The summed E-state index contributed by atoms with van der Waals surface area (Å²) in [4.78, 5) is 3.89. The van der Waals surface area contributed by atoms with Gasteiger partial charge < -0.3 is 4.74 Å². The SMILES string of the molecule is COc1cccc2c(Cl)c(F)c(Cl)nc12. The minimum Gasteiger partial charge on any atom is -0.494 e. The molecule has 1 heterocycles. The Balaban J connectivity index is 2.91. The van der Waals surface area contributed by atoms with Crippen LogP contribution in [0.2, 0.25) is 10.2 Å². The number of fused-ring (bicyclic) bond motifs is 1. The van der Waals surface area contributed by atoms with Crippen LogP contribution in [0.15, 0.2) is 18.2 Å². The fourth-order valence-electron chi connectivity index (χ4n) is 1.34. The van der Waals surface area contributed by atoms with Crippen LogP contribution in [0.4, 0.5) is 4.39 Å². The maximum atomic E-state index is 13.3. The maximum absolute atomic E-state index is 13.3. The van der Waals surface area contributed by atoms with Gasteiger partial charge in [-0.25, -0.2) is 9.37 Å². The van der Waals surface area contributed by atoms with Crippen LogP contribution in [0, 0.1) is 5.82 Å².